The lowest BCUT2D eigenvalue weighted by Crippen LogP contribution is -2.42. The van der Waals surface area contributed by atoms with Crippen molar-refractivity contribution in [3.63, 3.8) is 0 Å². The van der Waals surface area contributed by atoms with Crippen LogP contribution >= 0.6 is 0 Å². The monoisotopic (exact) mass is 211 g/mol. The number of aliphatic imine (C=N–C) groups is 1. The highest BCUT2D eigenvalue weighted by Crippen LogP contribution is 2.15. The Balaban J connectivity index is 1.88. The van der Waals surface area contributed by atoms with Crippen LogP contribution in [-0.2, 0) is 9.53 Å². The second-order valence-corrected chi connectivity index (χ2v) is 3.97. The molecular weight excluding hydrogens is 194 g/mol. The van der Waals surface area contributed by atoms with Gasteiger partial charge in [0.15, 0.2) is 0 Å². The lowest BCUT2D eigenvalue weighted by molar-refractivity contribution is -0.142. The van der Waals surface area contributed by atoms with E-state index in [1.165, 1.54) is 7.11 Å². The molecule has 0 saturated carbocycles. The number of rotatable bonds is 2. The van der Waals surface area contributed by atoms with E-state index in [0.29, 0.717) is 12.5 Å². The minimum Gasteiger partial charge on any atom is -0.467 e. The molecule has 0 aromatic rings. The maximum atomic E-state index is 11.3. The molecule has 0 spiro atoms. The summed E-state index contributed by atoms with van der Waals surface area (Å²) in [6, 6.07) is -0.264. The van der Waals surface area contributed by atoms with Crippen LogP contribution in [0.2, 0.25) is 0 Å². The number of esters is 1. The molecule has 1 saturated heterocycles. The largest absolute Gasteiger partial charge is 0.467 e. The molecule has 0 amide bonds. The highest BCUT2D eigenvalue weighted by molar-refractivity contribution is 5.92. The molecule has 0 aliphatic carbocycles. The molecule has 0 bridgehead atoms. The van der Waals surface area contributed by atoms with Crippen LogP contribution in [0.1, 0.15) is 12.8 Å². The van der Waals surface area contributed by atoms with Crippen LogP contribution in [0.15, 0.2) is 4.99 Å². The lowest BCUT2D eigenvalue weighted by atomic mass is 9.97. The van der Waals surface area contributed by atoms with Gasteiger partial charge in [-0.25, -0.2) is 4.79 Å². The molecule has 1 unspecified atom stereocenters. The molecule has 2 aliphatic heterocycles. The van der Waals surface area contributed by atoms with Crippen molar-refractivity contribution in [3.8, 4) is 0 Å². The quantitative estimate of drug-likeness (QED) is 0.606. The third-order valence-corrected chi connectivity index (χ3v) is 2.98. The second kappa shape index (κ2) is 4.61. The van der Waals surface area contributed by atoms with Crippen molar-refractivity contribution < 1.29 is 9.53 Å². The van der Waals surface area contributed by atoms with Gasteiger partial charge in [0.1, 0.15) is 11.9 Å². The van der Waals surface area contributed by atoms with E-state index in [1.807, 2.05) is 0 Å². The first-order valence-electron chi connectivity index (χ1n) is 5.40. The molecule has 0 aromatic carbocycles. The summed E-state index contributed by atoms with van der Waals surface area (Å²) in [5.41, 5.74) is 0. The Morgan fingerprint density at radius 3 is 2.87 bits per heavy atom. The topological polar surface area (TPSA) is 62.7 Å². The first-order chi connectivity index (χ1) is 7.31. The summed E-state index contributed by atoms with van der Waals surface area (Å²) in [7, 11) is 1.41. The van der Waals surface area contributed by atoms with Gasteiger partial charge in [-0.1, -0.05) is 0 Å². The molecule has 2 rings (SSSR count). The number of hydrogen-bond donors (Lipinski definition) is 2. The Hall–Kier alpha value is -1.10. The van der Waals surface area contributed by atoms with Gasteiger partial charge in [0.2, 0.25) is 0 Å². The highest BCUT2D eigenvalue weighted by atomic mass is 16.5. The van der Waals surface area contributed by atoms with Crippen LogP contribution in [0, 0.1) is 5.92 Å². The summed E-state index contributed by atoms with van der Waals surface area (Å²) in [5.74, 6) is 1.26. The van der Waals surface area contributed by atoms with Crippen LogP contribution < -0.4 is 10.6 Å². The summed E-state index contributed by atoms with van der Waals surface area (Å²) in [4.78, 5) is 15.7. The number of hydrogen-bond acceptors (Lipinski definition) is 5. The number of carbonyl (C=O) groups excluding carboxylic acids is 1. The van der Waals surface area contributed by atoms with E-state index < -0.39 is 0 Å². The zero-order valence-electron chi connectivity index (χ0n) is 8.95. The summed E-state index contributed by atoms with van der Waals surface area (Å²) in [5, 5.41) is 6.47. The number of ether oxygens (including phenoxy) is 1. The van der Waals surface area contributed by atoms with Crippen molar-refractivity contribution in [2.75, 3.05) is 26.7 Å². The van der Waals surface area contributed by atoms with Crippen molar-refractivity contribution in [2.24, 2.45) is 10.9 Å². The van der Waals surface area contributed by atoms with Crippen LogP contribution in [0.25, 0.3) is 0 Å². The number of nitrogens with one attached hydrogen (secondary N) is 2. The average molecular weight is 211 g/mol. The third kappa shape index (κ3) is 2.28. The maximum Gasteiger partial charge on any atom is 0.330 e. The van der Waals surface area contributed by atoms with Crippen LogP contribution in [0.3, 0.4) is 0 Å². The van der Waals surface area contributed by atoms with E-state index in [2.05, 4.69) is 20.4 Å². The van der Waals surface area contributed by atoms with Gasteiger partial charge in [0, 0.05) is 5.92 Å². The molecule has 1 fully saturated rings. The molecule has 5 nitrogen and oxygen atoms in total. The van der Waals surface area contributed by atoms with Crippen molar-refractivity contribution in [1.29, 1.82) is 0 Å². The zero-order chi connectivity index (χ0) is 10.7. The Morgan fingerprint density at radius 2 is 2.20 bits per heavy atom. The van der Waals surface area contributed by atoms with Crippen LogP contribution in [0.5, 0.6) is 0 Å². The minimum atomic E-state index is -0.264. The first kappa shape index (κ1) is 10.4. The molecule has 5 heteroatoms. The van der Waals surface area contributed by atoms with Gasteiger partial charge >= 0.3 is 5.97 Å². The minimum absolute atomic E-state index is 0.220. The standard InChI is InChI=1S/C10H17N3O2/c1-15-10(14)8-6-12-9(13-8)7-2-4-11-5-3-7/h7-8,11H,2-6H2,1H3,(H,12,13). The highest BCUT2D eigenvalue weighted by Gasteiger charge is 2.29. The Kier molecular flexibility index (Phi) is 3.20. The number of amidine groups is 1. The van der Waals surface area contributed by atoms with Gasteiger partial charge in [0.05, 0.1) is 13.7 Å². The van der Waals surface area contributed by atoms with Gasteiger partial charge in [-0.2, -0.15) is 0 Å². The van der Waals surface area contributed by atoms with Gasteiger partial charge in [-0.15, -0.1) is 0 Å². The van der Waals surface area contributed by atoms with E-state index in [0.717, 1.165) is 31.8 Å². The van der Waals surface area contributed by atoms with Crippen molar-refractivity contribution in [2.45, 2.75) is 18.9 Å². The third-order valence-electron chi connectivity index (χ3n) is 2.98. The summed E-state index contributed by atoms with van der Waals surface area (Å²) >= 11 is 0. The molecule has 0 aromatic heterocycles. The normalized spacial score (nSPS) is 27.0. The number of piperidine rings is 1. The summed E-state index contributed by atoms with van der Waals surface area (Å²) in [6.07, 6.45) is 2.19. The van der Waals surface area contributed by atoms with Crippen LogP contribution in [-0.4, -0.2) is 44.6 Å². The number of carbonyl (C=O) groups is 1. The number of methoxy groups -OCH3 is 1. The lowest BCUT2D eigenvalue weighted by Gasteiger charge is -2.23. The second-order valence-electron chi connectivity index (χ2n) is 3.97. The van der Waals surface area contributed by atoms with E-state index >= 15 is 0 Å². The molecule has 2 aliphatic rings. The van der Waals surface area contributed by atoms with Gasteiger partial charge in [-0.3, -0.25) is 4.99 Å². The molecule has 15 heavy (non-hydrogen) atoms. The van der Waals surface area contributed by atoms with Gasteiger partial charge < -0.3 is 15.4 Å². The van der Waals surface area contributed by atoms with E-state index in [1.54, 1.807) is 0 Å². The summed E-state index contributed by atoms with van der Waals surface area (Å²) < 4.78 is 4.68. The number of nitrogens with zero attached hydrogens (tertiary/aromatic N) is 1. The van der Waals surface area contributed by atoms with Crippen molar-refractivity contribution in [1.82, 2.24) is 10.6 Å². The molecule has 84 valence electrons. The van der Waals surface area contributed by atoms with Crippen LogP contribution in [0.4, 0.5) is 0 Å². The van der Waals surface area contributed by atoms with E-state index in [9.17, 15) is 4.79 Å². The fourth-order valence-corrected chi connectivity index (χ4v) is 2.08. The Morgan fingerprint density at radius 1 is 1.47 bits per heavy atom. The predicted octanol–water partition coefficient (Wildman–Crippen LogP) is -0.471. The smallest absolute Gasteiger partial charge is 0.330 e. The first-order valence-corrected chi connectivity index (χ1v) is 5.40. The SMILES string of the molecule is COC(=O)C1CN=C(C2CCNCC2)N1. The Labute approximate surface area is 89.3 Å². The fraction of sp³-hybridized carbons (Fsp3) is 0.800. The van der Waals surface area contributed by atoms with Crippen molar-refractivity contribution in [3.05, 3.63) is 0 Å². The van der Waals surface area contributed by atoms with E-state index in [4.69, 9.17) is 0 Å². The molecule has 2 N–H and O–H groups in total. The predicted molar refractivity (Wildman–Crippen MR) is 56.8 cm³/mol. The molecular formula is C10H17N3O2. The molecule has 2 heterocycles. The average Bonchev–Trinajstić information content (AvgIpc) is 2.78. The molecule has 1 atom stereocenters. The molecule has 0 radical (unpaired) electrons. The van der Waals surface area contributed by atoms with Gasteiger partial charge in [0.25, 0.3) is 0 Å². The van der Waals surface area contributed by atoms with Gasteiger partial charge in [-0.05, 0) is 25.9 Å². The van der Waals surface area contributed by atoms with Crippen molar-refractivity contribution >= 4 is 11.8 Å². The summed E-state index contributed by atoms with van der Waals surface area (Å²) in [6.45, 7) is 2.59. The zero-order valence-corrected chi connectivity index (χ0v) is 8.95. The van der Waals surface area contributed by atoms with E-state index in [-0.39, 0.29) is 12.0 Å². The fourth-order valence-electron chi connectivity index (χ4n) is 2.08. The maximum absolute atomic E-state index is 11.3. The Bertz CT molecular complexity index is 272.